The molecule has 0 saturated carbocycles. The normalized spacial score (nSPS) is 13.8. The van der Waals surface area contributed by atoms with Crippen molar-refractivity contribution in [1.82, 2.24) is 9.97 Å². The van der Waals surface area contributed by atoms with Gasteiger partial charge in [0.15, 0.2) is 0 Å². The number of hydrogen-bond donors (Lipinski definition) is 1. The van der Waals surface area contributed by atoms with Crippen LogP contribution in [0.4, 0.5) is 4.79 Å². The van der Waals surface area contributed by atoms with Gasteiger partial charge in [0.25, 0.3) is 0 Å². The predicted molar refractivity (Wildman–Crippen MR) is 60.4 cm³/mol. The van der Waals surface area contributed by atoms with Crippen LogP contribution in [0, 0.1) is 0 Å². The number of fused-ring (bicyclic) bond motifs is 5. The second-order valence-corrected chi connectivity index (χ2v) is 3.90. The molecule has 0 saturated heterocycles. The van der Waals surface area contributed by atoms with E-state index in [1.165, 1.54) is 0 Å². The van der Waals surface area contributed by atoms with Crippen LogP contribution in [0.3, 0.4) is 0 Å². The fraction of sp³-hybridized carbons (Fsp3) is 0. The van der Waals surface area contributed by atoms with Crippen LogP contribution >= 0.6 is 0 Å². The van der Waals surface area contributed by atoms with E-state index in [0.717, 1.165) is 22.2 Å². The molecule has 0 unspecified atom stereocenters. The Bertz CT molecular complexity index is 862. The highest BCUT2D eigenvalue weighted by Crippen LogP contribution is 2.27. The van der Waals surface area contributed by atoms with Crippen molar-refractivity contribution in [1.29, 1.82) is 0 Å². The van der Waals surface area contributed by atoms with E-state index in [4.69, 9.17) is 0 Å². The van der Waals surface area contributed by atoms with Crippen molar-refractivity contribution >= 4 is 16.8 Å². The summed E-state index contributed by atoms with van der Waals surface area (Å²) in [6, 6.07) is 5.30. The van der Waals surface area contributed by atoms with Gasteiger partial charge in [-0.15, -0.1) is 0 Å². The minimum atomic E-state index is -0.443. The van der Waals surface area contributed by atoms with Gasteiger partial charge in [0.1, 0.15) is 5.36 Å². The van der Waals surface area contributed by atoms with Crippen molar-refractivity contribution in [2.24, 2.45) is 9.98 Å². The summed E-state index contributed by atoms with van der Waals surface area (Å²) in [5.41, 5.74) is 1.76. The molecule has 5 heteroatoms. The van der Waals surface area contributed by atoms with E-state index in [-0.39, 0.29) is 0 Å². The van der Waals surface area contributed by atoms with Gasteiger partial charge in [0.05, 0.1) is 16.7 Å². The zero-order chi connectivity index (χ0) is 11.4. The molecule has 2 aliphatic heterocycles. The number of carbonyl (C=O) groups excluding carboxylic acids is 1. The summed E-state index contributed by atoms with van der Waals surface area (Å²) in [5, 5.41) is 3.17. The molecule has 0 aromatic heterocycles. The molecule has 80 valence electrons. The first-order chi connectivity index (χ1) is 8.33. The summed E-state index contributed by atoms with van der Waals surface area (Å²) in [6.07, 6.45) is 3.46. The van der Waals surface area contributed by atoms with Gasteiger partial charge in [0.2, 0.25) is 0 Å². The minimum absolute atomic E-state index is 0.443. The number of urea groups is 1. The molecule has 0 radical (unpaired) electrons. The number of aromatic nitrogens is 2. The first-order valence-corrected chi connectivity index (χ1v) is 5.19. The van der Waals surface area contributed by atoms with E-state index in [9.17, 15) is 4.79 Å². The van der Waals surface area contributed by atoms with Crippen molar-refractivity contribution in [2.45, 2.75) is 0 Å². The predicted octanol–water partition coefficient (Wildman–Crippen LogP) is 1.04. The summed E-state index contributed by atoms with van der Waals surface area (Å²) in [6.45, 7) is 0. The van der Waals surface area contributed by atoms with Gasteiger partial charge in [-0.2, -0.15) is 9.98 Å². The molecule has 1 aromatic rings. The third kappa shape index (κ3) is 1.02. The van der Waals surface area contributed by atoms with Crippen molar-refractivity contribution in [3.63, 3.8) is 0 Å². The Balaban J connectivity index is 2.35. The van der Waals surface area contributed by atoms with Gasteiger partial charge >= 0.3 is 6.03 Å². The van der Waals surface area contributed by atoms with Crippen LogP contribution in [0.5, 0.6) is 0 Å². The third-order valence-corrected chi connectivity index (χ3v) is 2.92. The zero-order valence-corrected chi connectivity index (χ0v) is 8.64. The number of hydrogen-bond acceptors (Lipinski definition) is 2. The largest absolute Gasteiger partial charge is 0.368 e. The molecule has 1 aliphatic carbocycles. The molecule has 17 heavy (non-hydrogen) atoms. The zero-order valence-electron chi connectivity index (χ0n) is 8.64. The van der Waals surface area contributed by atoms with E-state index in [0.29, 0.717) is 10.7 Å². The number of nitrogens with one attached hydrogen (secondary N) is 1. The first kappa shape index (κ1) is 8.58. The smallest absolute Gasteiger partial charge is 0.358 e. The Kier molecular flexibility index (Phi) is 1.39. The molecular formula is C12H6N4O. The van der Waals surface area contributed by atoms with Gasteiger partial charge in [-0.25, -0.2) is 4.79 Å². The summed E-state index contributed by atoms with van der Waals surface area (Å²) >= 11 is 0. The molecule has 2 heterocycles. The van der Waals surface area contributed by atoms with Crippen LogP contribution in [0.1, 0.15) is 0 Å². The van der Waals surface area contributed by atoms with Crippen LogP contribution < -0.4 is 10.7 Å². The topological polar surface area (TPSA) is 70.5 Å². The van der Waals surface area contributed by atoms with Crippen LogP contribution in [0.15, 0.2) is 40.6 Å². The maximum absolute atomic E-state index is 11.2. The number of nitrogens with zero attached hydrogens (tertiary/aromatic N) is 3. The van der Waals surface area contributed by atoms with Crippen LogP contribution in [0.25, 0.3) is 22.2 Å². The summed E-state index contributed by atoms with van der Waals surface area (Å²) in [7, 11) is 0. The SMILES string of the molecule is O=C1N=c2ccc3cc4[nH]ccnc-4c3c2=N1. The van der Waals surface area contributed by atoms with Crippen molar-refractivity contribution in [3.05, 3.63) is 41.3 Å². The molecule has 2 amide bonds. The lowest BCUT2D eigenvalue weighted by Crippen LogP contribution is -2.21. The molecule has 5 nitrogen and oxygen atoms in total. The highest BCUT2D eigenvalue weighted by atomic mass is 16.2. The van der Waals surface area contributed by atoms with Crippen molar-refractivity contribution < 1.29 is 4.79 Å². The highest BCUT2D eigenvalue weighted by molar-refractivity contribution is 6.00. The van der Waals surface area contributed by atoms with Gasteiger partial charge in [0, 0.05) is 17.8 Å². The minimum Gasteiger partial charge on any atom is -0.358 e. The third-order valence-electron chi connectivity index (χ3n) is 2.92. The average Bonchev–Trinajstić information content (AvgIpc) is 2.87. The van der Waals surface area contributed by atoms with E-state index in [2.05, 4.69) is 20.0 Å². The molecule has 4 rings (SSSR count). The number of benzene rings is 1. The maximum atomic E-state index is 11.2. The number of rotatable bonds is 0. The van der Waals surface area contributed by atoms with Crippen molar-refractivity contribution in [3.8, 4) is 11.4 Å². The van der Waals surface area contributed by atoms with Crippen molar-refractivity contribution in [2.75, 3.05) is 0 Å². The Morgan fingerprint density at radius 3 is 3.06 bits per heavy atom. The van der Waals surface area contributed by atoms with E-state index >= 15 is 0 Å². The summed E-state index contributed by atoms with van der Waals surface area (Å²) < 4.78 is 0. The van der Waals surface area contributed by atoms with Crippen LogP contribution in [-0.2, 0) is 0 Å². The second-order valence-electron chi connectivity index (χ2n) is 3.90. The van der Waals surface area contributed by atoms with Crippen LogP contribution in [0.2, 0.25) is 0 Å². The summed E-state index contributed by atoms with van der Waals surface area (Å²) in [5.74, 6) is 0. The Hall–Kier alpha value is -2.56. The molecule has 0 atom stereocenters. The number of carbonyl (C=O) groups is 1. The van der Waals surface area contributed by atoms with Gasteiger partial charge in [-0.3, -0.25) is 4.98 Å². The highest BCUT2D eigenvalue weighted by Gasteiger charge is 2.16. The molecule has 0 spiro atoms. The second kappa shape index (κ2) is 2.76. The number of aromatic amines is 1. The van der Waals surface area contributed by atoms with Gasteiger partial charge in [-0.05, 0) is 17.5 Å². The average molecular weight is 222 g/mol. The molecule has 3 aliphatic rings. The van der Waals surface area contributed by atoms with Gasteiger partial charge in [-0.1, -0.05) is 6.07 Å². The lowest BCUT2D eigenvalue weighted by Gasteiger charge is -1.96. The number of amides is 2. The summed E-state index contributed by atoms with van der Waals surface area (Å²) in [4.78, 5) is 26.5. The molecule has 0 fully saturated rings. The van der Waals surface area contributed by atoms with Crippen LogP contribution in [-0.4, -0.2) is 16.0 Å². The molecule has 1 N–H and O–H groups in total. The standard InChI is InChI=1S/C12H6N4O/c17-12-15-7-2-1-6-5-8-10(14-4-3-13-8)9(6)11(7)16-12/h1-5,13H. The molecule has 0 bridgehead atoms. The lowest BCUT2D eigenvalue weighted by atomic mass is 10.2. The monoisotopic (exact) mass is 222 g/mol. The first-order valence-electron chi connectivity index (χ1n) is 5.19. The molecular weight excluding hydrogens is 216 g/mol. The Morgan fingerprint density at radius 1 is 1.18 bits per heavy atom. The number of H-pyrrole nitrogens is 1. The fourth-order valence-corrected chi connectivity index (χ4v) is 2.23. The van der Waals surface area contributed by atoms with E-state index in [1.807, 2.05) is 18.2 Å². The van der Waals surface area contributed by atoms with E-state index < -0.39 is 6.03 Å². The Labute approximate surface area is 94.9 Å². The maximum Gasteiger partial charge on any atom is 0.368 e. The molecule has 1 aromatic carbocycles. The van der Waals surface area contributed by atoms with E-state index in [1.54, 1.807) is 12.4 Å². The fourth-order valence-electron chi connectivity index (χ4n) is 2.23. The quantitative estimate of drug-likeness (QED) is 0.617. The Morgan fingerprint density at radius 2 is 2.12 bits per heavy atom. The lowest BCUT2D eigenvalue weighted by molar-refractivity contribution is 0.257. The van der Waals surface area contributed by atoms with Gasteiger partial charge < -0.3 is 4.98 Å².